The van der Waals surface area contributed by atoms with Gasteiger partial charge in [-0.1, -0.05) is 12.8 Å². The molecule has 5 nitrogen and oxygen atoms in total. The minimum absolute atomic E-state index is 0.288. The summed E-state index contributed by atoms with van der Waals surface area (Å²) in [5, 5.41) is 2.98. The molecular formula is C18H25N3O2. The summed E-state index contributed by atoms with van der Waals surface area (Å²) in [6.07, 6.45) is 5.83. The molecule has 3 aliphatic rings. The minimum atomic E-state index is -0.316. The molecule has 1 saturated carbocycles. The number of nitrogens with zero attached hydrogens (tertiary/aromatic N) is 2. The molecule has 1 aromatic rings. The van der Waals surface area contributed by atoms with Gasteiger partial charge in [-0.25, -0.2) is 4.79 Å². The van der Waals surface area contributed by atoms with Gasteiger partial charge < -0.3 is 15.0 Å². The largest absolute Gasteiger partial charge is 0.412 e. The summed E-state index contributed by atoms with van der Waals surface area (Å²) in [6, 6.07) is 6.34. The fraction of sp³-hybridized carbons (Fsp3) is 0.611. The summed E-state index contributed by atoms with van der Waals surface area (Å²) >= 11 is 0. The van der Waals surface area contributed by atoms with E-state index in [0.717, 1.165) is 25.8 Å². The van der Waals surface area contributed by atoms with Crippen molar-refractivity contribution < 1.29 is 9.53 Å². The van der Waals surface area contributed by atoms with Crippen molar-refractivity contribution in [2.75, 3.05) is 25.5 Å². The zero-order valence-electron chi connectivity index (χ0n) is 13.9. The Morgan fingerprint density at radius 1 is 1.22 bits per heavy atom. The van der Waals surface area contributed by atoms with Gasteiger partial charge in [-0.2, -0.15) is 0 Å². The standard InChI is InChI=1S/C18H25N3O2/c1-20-10-9-14-15-11-13(7-8-16(15)21(2)17(14)20)23-18(22)19-12-5-3-4-6-12/h7-8,11-12,14,17H,3-6,9-10H2,1-2H3,(H,19,22). The Labute approximate surface area is 137 Å². The van der Waals surface area contributed by atoms with E-state index >= 15 is 0 Å². The number of fused-ring (bicyclic) bond motifs is 3. The van der Waals surface area contributed by atoms with Gasteiger partial charge in [-0.05, 0) is 50.1 Å². The van der Waals surface area contributed by atoms with Crippen molar-refractivity contribution in [3.05, 3.63) is 23.8 Å². The first-order valence-electron chi connectivity index (χ1n) is 8.69. The van der Waals surface area contributed by atoms with Crippen LogP contribution in [0.25, 0.3) is 0 Å². The maximum absolute atomic E-state index is 12.1. The maximum Gasteiger partial charge on any atom is 0.412 e. The topological polar surface area (TPSA) is 44.8 Å². The summed E-state index contributed by atoms with van der Waals surface area (Å²) in [5.41, 5.74) is 2.57. The molecule has 0 spiro atoms. The van der Waals surface area contributed by atoms with Crippen LogP contribution in [0.4, 0.5) is 10.5 Å². The Balaban J connectivity index is 1.48. The van der Waals surface area contributed by atoms with Gasteiger partial charge in [0, 0.05) is 31.2 Å². The number of likely N-dealkylation sites (N-methyl/N-ethyl adjacent to an activating group) is 2. The predicted octanol–water partition coefficient (Wildman–Crippen LogP) is 2.91. The molecule has 2 aliphatic heterocycles. The number of nitrogens with one attached hydrogen (secondary N) is 1. The summed E-state index contributed by atoms with van der Waals surface area (Å²) in [4.78, 5) is 16.8. The van der Waals surface area contributed by atoms with E-state index < -0.39 is 0 Å². The highest BCUT2D eigenvalue weighted by molar-refractivity contribution is 5.72. The second-order valence-electron chi connectivity index (χ2n) is 7.14. The molecule has 0 radical (unpaired) electrons. The van der Waals surface area contributed by atoms with Crippen LogP contribution in [0.3, 0.4) is 0 Å². The fourth-order valence-corrected chi connectivity index (χ4v) is 4.54. The van der Waals surface area contributed by atoms with E-state index in [-0.39, 0.29) is 12.1 Å². The summed E-state index contributed by atoms with van der Waals surface area (Å²) in [5.74, 6) is 1.17. The number of carbonyl (C=O) groups is 1. The number of hydrogen-bond donors (Lipinski definition) is 1. The lowest BCUT2D eigenvalue weighted by Gasteiger charge is -2.28. The van der Waals surface area contributed by atoms with Crippen LogP contribution in [0.1, 0.15) is 43.6 Å². The van der Waals surface area contributed by atoms with Crippen LogP contribution in [0, 0.1) is 0 Å². The Kier molecular flexibility index (Phi) is 3.68. The van der Waals surface area contributed by atoms with Gasteiger partial charge in [0.1, 0.15) is 5.75 Å². The predicted molar refractivity (Wildman–Crippen MR) is 90.0 cm³/mol. The molecule has 0 bridgehead atoms. The van der Waals surface area contributed by atoms with Crippen LogP contribution < -0.4 is 15.0 Å². The molecule has 23 heavy (non-hydrogen) atoms. The molecule has 1 aliphatic carbocycles. The fourth-order valence-electron chi connectivity index (χ4n) is 4.54. The van der Waals surface area contributed by atoms with Crippen molar-refractivity contribution in [1.29, 1.82) is 0 Å². The van der Waals surface area contributed by atoms with Crippen molar-refractivity contribution in [3.8, 4) is 5.75 Å². The number of carbonyl (C=O) groups excluding carboxylic acids is 1. The van der Waals surface area contributed by atoms with Crippen molar-refractivity contribution in [2.45, 2.75) is 50.2 Å². The molecule has 1 saturated heterocycles. The third-order valence-electron chi connectivity index (χ3n) is 5.67. The highest BCUT2D eigenvalue weighted by atomic mass is 16.6. The Morgan fingerprint density at radius 2 is 2.00 bits per heavy atom. The lowest BCUT2D eigenvalue weighted by molar-refractivity contribution is 0.196. The Bertz CT molecular complexity index is 612. The van der Waals surface area contributed by atoms with Crippen molar-refractivity contribution in [3.63, 3.8) is 0 Å². The van der Waals surface area contributed by atoms with Crippen LogP contribution in [0.5, 0.6) is 5.75 Å². The van der Waals surface area contributed by atoms with Gasteiger partial charge in [0.25, 0.3) is 0 Å². The number of rotatable bonds is 2. The van der Waals surface area contributed by atoms with Crippen LogP contribution >= 0.6 is 0 Å². The van der Waals surface area contributed by atoms with Crippen molar-refractivity contribution in [2.24, 2.45) is 0 Å². The highest BCUT2D eigenvalue weighted by Crippen LogP contribution is 2.47. The van der Waals surface area contributed by atoms with E-state index in [2.05, 4.69) is 41.3 Å². The van der Waals surface area contributed by atoms with E-state index in [1.165, 1.54) is 24.1 Å². The van der Waals surface area contributed by atoms with Gasteiger partial charge in [-0.3, -0.25) is 4.90 Å². The van der Waals surface area contributed by atoms with Crippen LogP contribution in [-0.2, 0) is 0 Å². The molecular weight excluding hydrogens is 290 g/mol. The van der Waals surface area contributed by atoms with E-state index in [0.29, 0.717) is 17.8 Å². The first kappa shape index (κ1) is 14.8. The quantitative estimate of drug-likeness (QED) is 0.911. The number of benzene rings is 1. The van der Waals surface area contributed by atoms with Gasteiger partial charge >= 0.3 is 6.09 Å². The Morgan fingerprint density at radius 3 is 2.78 bits per heavy atom. The number of amides is 1. The first-order chi connectivity index (χ1) is 11.1. The van der Waals surface area contributed by atoms with Crippen LogP contribution in [0.2, 0.25) is 0 Å². The number of ether oxygens (including phenoxy) is 1. The molecule has 1 aromatic carbocycles. The van der Waals surface area contributed by atoms with Gasteiger partial charge in [0.15, 0.2) is 0 Å². The Hall–Kier alpha value is -1.75. The molecule has 2 fully saturated rings. The molecule has 124 valence electrons. The van der Waals surface area contributed by atoms with Crippen molar-refractivity contribution in [1.82, 2.24) is 10.2 Å². The van der Waals surface area contributed by atoms with E-state index in [1.807, 2.05) is 6.07 Å². The first-order valence-corrected chi connectivity index (χ1v) is 8.69. The van der Waals surface area contributed by atoms with Crippen molar-refractivity contribution >= 4 is 11.8 Å². The summed E-state index contributed by atoms with van der Waals surface area (Å²) in [6.45, 7) is 1.12. The van der Waals surface area contributed by atoms with E-state index in [1.54, 1.807) is 0 Å². The van der Waals surface area contributed by atoms with E-state index in [4.69, 9.17) is 4.74 Å². The second kappa shape index (κ2) is 5.71. The highest BCUT2D eigenvalue weighted by Gasteiger charge is 2.43. The molecule has 4 rings (SSSR count). The summed E-state index contributed by atoms with van der Waals surface area (Å²) in [7, 11) is 4.33. The van der Waals surface area contributed by atoms with Crippen LogP contribution in [-0.4, -0.2) is 43.8 Å². The minimum Gasteiger partial charge on any atom is -0.410 e. The molecule has 2 atom stereocenters. The smallest absolute Gasteiger partial charge is 0.410 e. The van der Waals surface area contributed by atoms with Gasteiger partial charge in [-0.15, -0.1) is 0 Å². The monoisotopic (exact) mass is 315 g/mol. The molecule has 5 heteroatoms. The third kappa shape index (κ3) is 2.57. The third-order valence-corrected chi connectivity index (χ3v) is 5.67. The zero-order chi connectivity index (χ0) is 16.0. The zero-order valence-corrected chi connectivity index (χ0v) is 13.9. The average Bonchev–Trinajstić information content (AvgIpc) is 3.21. The molecule has 1 N–H and O–H groups in total. The summed E-state index contributed by atoms with van der Waals surface area (Å²) < 4.78 is 5.53. The van der Waals surface area contributed by atoms with E-state index in [9.17, 15) is 4.79 Å². The SMILES string of the molecule is CN1CCC2c3cc(OC(=O)NC4CCCC4)ccc3N(C)C21. The normalized spacial score (nSPS) is 27.1. The van der Waals surface area contributed by atoms with Crippen LogP contribution in [0.15, 0.2) is 18.2 Å². The number of anilines is 1. The maximum atomic E-state index is 12.1. The molecule has 2 unspecified atom stereocenters. The lowest BCUT2D eigenvalue weighted by Crippen LogP contribution is -2.39. The molecule has 2 heterocycles. The number of hydrogen-bond acceptors (Lipinski definition) is 4. The van der Waals surface area contributed by atoms with Gasteiger partial charge in [0.05, 0.1) is 6.17 Å². The molecule has 1 amide bonds. The second-order valence-corrected chi connectivity index (χ2v) is 7.14. The van der Waals surface area contributed by atoms with Gasteiger partial charge in [0.2, 0.25) is 0 Å². The lowest BCUT2D eigenvalue weighted by atomic mass is 9.98. The number of likely N-dealkylation sites (tertiary alicyclic amines) is 1. The average molecular weight is 315 g/mol. The molecule has 0 aromatic heterocycles.